The number of carbonyl (C=O) groups excluding carboxylic acids is 2. The highest BCUT2D eigenvalue weighted by molar-refractivity contribution is 5.92. The molecule has 0 aromatic carbocycles. The van der Waals surface area contributed by atoms with Gasteiger partial charge in [-0.2, -0.15) is 5.10 Å². The second kappa shape index (κ2) is 8.64. The molecule has 2 aliphatic rings. The number of rotatable bonds is 5. The number of nitrogens with zero attached hydrogens (tertiary/aromatic N) is 4. The van der Waals surface area contributed by atoms with Crippen molar-refractivity contribution in [2.45, 2.75) is 19.4 Å². The lowest BCUT2D eigenvalue weighted by atomic mass is 10.2. The number of likely N-dealkylation sites (tertiary alicyclic amines) is 1. The maximum Gasteiger partial charge on any atom is 0.271 e. The van der Waals surface area contributed by atoms with Crippen LogP contribution in [0.1, 0.15) is 22.6 Å². The third kappa shape index (κ3) is 4.50. The van der Waals surface area contributed by atoms with Gasteiger partial charge in [0.2, 0.25) is 5.91 Å². The lowest BCUT2D eigenvalue weighted by Crippen LogP contribution is -2.48. The van der Waals surface area contributed by atoms with E-state index in [2.05, 4.69) is 15.3 Å². The van der Waals surface area contributed by atoms with Gasteiger partial charge in [-0.3, -0.25) is 19.2 Å². The Bertz CT molecular complexity index is 595. The Labute approximate surface area is 153 Å². The predicted octanol–water partition coefficient (Wildman–Crippen LogP) is -0.187. The molecular formula is C16H26ClN5O3. The van der Waals surface area contributed by atoms with Crippen LogP contribution in [0.25, 0.3) is 0 Å². The molecule has 1 aromatic heterocycles. The quantitative estimate of drug-likeness (QED) is 0.776. The van der Waals surface area contributed by atoms with E-state index in [1.165, 1.54) is 0 Å². The zero-order valence-electron chi connectivity index (χ0n) is 14.7. The number of morpholine rings is 1. The molecule has 0 aliphatic carbocycles. The lowest BCUT2D eigenvalue weighted by molar-refractivity contribution is -0.133. The van der Waals surface area contributed by atoms with Crippen LogP contribution in [0.3, 0.4) is 0 Å². The molecule has 0 bridgehead atoms. The minimum Gasteiger partial charge on any atom is -0.379 e. The van der Waals surface area contributed by atoms with Gasteiger partial charge < -0.3 is 15.0 Å². The molecule has 25 heavy (non-hydrogen) atoms. The van der Waals surface area contributed by atoms with Crippen LogP contribution in [0, 0.1) is 6.92 Å². The second-order valence-corrected chi connectivity index (χ2v) is 6.33. The number of amides is 2. The molecule has 2 amide bonds. The standard InChI is InChI=1S/C16H25N5O3.ClH/c1-12-11-13(18-19(12)2)15(22)17-4-6-21-5-3-14(16(21)23)20-7-9-24-10-8-20;/h11,14H,3-10H2,1-2H3,(H,17,22);1H. The van der Waals surface area contributed by atoms with Crippen LogP contribution >= 0.6 is 12.4 Å². The summed E-state index contributed by atoms with van der Waals surface area (Å²) >= 11 is 0. The number of aryl methyl sites for hydroxylation is 2. The van der Waals surface area contributed by atoms with Crippen LogP contribution in [0.2, 0.25) is 0 Å². The summed E-state index contributed by atoms with van der Waals surface area (Å²) in [6.45, 7) is 6.66. The van der Waals surface area contributed by atoms with E-state index in [-0.39, 0.29) is 30.3 Å². The molecule has 3 rings (SSSR count). The lowest BCUT2D eigenvalue weighted by Gasteiger charge is -2.31. The van der Waals surface area contributed by atoms with Gasteiger partial charge in [-0.15, -0.1) is 12.4 Å². The molecule has 1 unspecified atom stereocenters. The number of aromatic nitrogens is 2. The van der Waals surface area contributed by atoms with Gasteiger partial charge in [0.15, 0.2) is 0 Å². The van der Waals surface area contributed by atoms with Gasteiger partial charge >= 0.3 is 0 Å². The van der Waals surface area contributed by atoms with Crippen LogP contribution in [-0.4, -0.2) is 83.4 Å². The van der Waals surface area contributed by atoms with Crippen molar-refractivity contribution in [3.63, 3.8) is 0 Å². The highest BCUT2D eigenvalue weighted by Gasteiger charge is 2.36. The second-order valence-electron chi connectivity index (χ2n) is 6.33. The molecule has 0 spiro atoms. The van der Waals surface area contributed by atoms with Crippen LogP contribution < -0.4 is 5.32 Å². The first kappa shape index (κ1) is 19.7. The molecule has 2 fully saturated rings. The first-order valence-corrected chi connectivity index (χ1v) is 8.45. The Kier molecular flexibility index (Phi) is 6.80. The van der Waals surface area contributed by atoms with Crippen LogP contribution in [-0.2, 0) is 16.6 Å². The smallest absolute Gasteiger partial charge is 0.271 e. The van der Waals surface area contributed by atoms with E-state index >= 15 is 0 Å². The first-order chi connectivity index (χ1) is 11.6. The van der Waals surface area contributed by atoms with Gasteiger partial charge in [-0.05, 0) is 19.4 Å². The molecule has 1 atom stereocenters. The zero-order valence-corrected chi connectivity index (χ0v) is 15.5. The molecular weight excluding hydrogens is 346 g/mol. The topological polar surface area (TPSA) is 79.7 Å². The minimum absolute atomic E-state index is 0. The van der Waals surface area contributed by atoms with E-state index in [1.807, 2.05) is 11.8 Å². The number of hydrogen-bond acceptors (Lipinski definition) is 5. The Balaban J connectivity index is 0.00000225. The summed E-state index contributed by atoms with van der Waals surface area (Å²) in [7, 11) is 1.81. The van der Waals surface area contributed by atoms with Crippen molar-refractivity contribution in [3.8, 4) is 0 Å². The number of hydrogen-bond donors (Lipinski definition) is 1. The van der Waals surface area contributed by atoms with Gasteiger partial charge in [-0.1, -0.05) is 0 Å². The average molecular weight is 372 g/mol. The fourth-order valence-electron chi connectivity index (χ4n) is 3.24. The predicted molar refractivity (Wildman–Crippen MR) is 94.9 cm³/mol. The molecule has 2 saturated heterocycles. The normalized spacial score (nSPS) is 21.3. The number of halogens is 1. The molecule has 0 radical (unpaired) electrons. The van der Waals surface area contributed by atoms with Crippen LogP contribution in [0.15, 0.2) is 6.07 Å². The maximum absolute atomic E-state index is 12.5. The van der Waals surface area contributed by atoms with Crippen LogP contribution in [0.4, 0.5) is 0 Å². The monoisotopic (exact) mass is 371 g/mol. The highest BCUT2D eigenvalue weighted by atomic mass is 35.5. The summed E-state index contributed by atoms with van der Waals surface area (Å²) < 4.78 is 7.02. The van der Waals surface area contributed by atoms with Gasteiger partial charge in [0.05, 0.1) is 19.3 Å². The maximum atomic E-state index is 12.5. The molecule has 140 valence electrons. The molecule has 3 heterocycles. The highest BCUT2D eigenvalue weighted by Crippen LogP contribution is 2.18. The fraction of sp³-hybridized carbons (Fsp3) is 0.688. The first-order valence-electron chi connectivity index (χ1n) is 8.45. The Hall–Kier alpha value is -1.64. The summed E-state index contributed by atoms with van der Waals surface area (Å²) in [5.41, 5.74) is 1.34. The van der Waals surface area contributed by atoms with Crippen molar-refractivity contribution in [2.75, 3.05) is 45.9 Å². The SMILES string of the molecule is Cc1cc(C(=O)NCCN2CCC(N3CCOCC3)C2=O)nn1C.Cl. The molecule has 2 aliphatic heterocycles. The van der Waals surface area contributed by atoms with Gasteiger partial charge in [0, 0.05) is 45.5 Å². The Morgan fingerprint density at radius 3 is 2.72 bits per heavy atom. The van der Waals surface area contributed by atoms with Crippen molar-refractivity contribution < 1.29 is 14.3 Å². The van der Waals surface area contributed by atoms with Crippen molar-refractivity contribution in [2.24, 2.45) is 7.05 Å². The van der Waals surface area contributed by atoms with Crippen LogP contribution in [0.5, 0.6) is 0 Å². The van der Waals surface area contributed by atoms with Crippen molar-refractivity contribution >= 4 is 24.2 Å². The van der Waals surface area contributed by atoms with Gasteiger partial charge in [-0.25, -0.2) is 0 Å². The van der Waals surface area contributed by atoms with E-state index in [0.717, 1.165) is 31.7 Å². The average Bonchev–Trinajstić information content (AvgIpc) is 3.11. The third-order valence-corrected chi connectivity index (χ3v) is 4.77. The summed E-state index contributed by atoms with van der Waals surface area (Å²) in [6, 6.07) is 1.73. The van der Waals surface area contributed by atoms with Crippen molar-refractivity contribution in [1.29, 1.82) is 0 Å². The van der Waals surface area contributed by atoms with Gasteiger partial charge in [0.25, 0.3) is 5.91 Å². The van der Waals surface area contributed by atoms with Gasteiger partial charge in [0.1, 0.15) is 5.69 Å². The molecule has 9 heteroatoms. The van der Waals surface area contributed by atoms with Crippen molar-refractivity contribution in [1.82, 2.24) is 24.9 Å². The molecule has 1 N–H and O–H groups in total. The van der Waals surface area contributed by atoms with E-state index < -0.39 is 0 Å². The summed E-state index contributed by atoms with van der Waals surface area (Å²) in [6.07, 6.45) is 0.853. The molecule has 8 nitrogen and oxygen atoms in total. The third-order valence-electron chi connectivity index (χ3n) is 4.77. The van der Waals surface area contributed by atoms with E-state index in [1.54, 1.807) is 17.8 Å². The van der Waals surface area contributed by atoms with E-state index in [0.29, 0.717) is 32.0 Å². The fourth-order valence-corrected chi connectivity index (χ4v) is 3.24. The van der Waals surface area contributed by atoms with E-state index in [9.17, 15) is 9.59 Å². The number of nitrogens with one attached hydrogen (secondary N) is 1. The van der Waals surface area contributed by atoms with E-state index in [4.69, 9.17) is 4.74 Å². The Morgan fingerprint density at radius 2 is 2.08 bits per heavy atom. The number of ether oxygens (including phenoxy) is 1. The van der Waals surface area contributed by atoms with Crippen molar-refractivity contribution in [3.05, 3.63) is 17.5 Å². The summed E-state index contributed by atoms with van der Waals surface area (Å²) in [5, 5.41) is 6.99. The largest absolute Gasteiger partial charge is 0.379 e. The minimum atomic E-state index is -0.199. The summed E-state index contributed by atoms with van der Waals surface area (Å²) in [4.78, 5) is 28.6. The molecule has 0 saturated carbocycles. The zero-order chi connectivity index (χ0) is 17.1. The summed E-state index contributed by atoms with van der Waals surface area (Å²) in [5.74, 6) is -0.0325. The number of carbonyl (C=O) groups is 2. The molecule has 1 aromatic rings. The Morgan fingerprint density at radius 1 is 1.36 bits per heavy atom.